The molecule has 0 saturated carbocycles. The molecule has 1 aromatic rings. The summed E-state index contributed by atoms with van der Waals surface area (Å²) in [5.41, 5.74) is 2.41. The van der Waals surface area contributed by atoms with Crippen LogP contribution in [-0.2, 0) is 32.9 Å². The van der Waals surface area contributed by atoms with Crippen molar-refractivity contribution in [2.75, 3.05) is 45.5 Å². The standard InChI is InChI=1S/C17H27N3O4S2/c1-25(21,22)20-12-10-19(11-13-20)9-8-18-26(23,24)17-7-6-15-4-2-3-5-16(15)14-17/h6-7,14,18H,2-5,8-13H2,1H3. The Labute approximate surface area is 156 Å². The lowest BCUT2D eigenvalue weighted by Crippen LogP contribution is -2.49. The minimum atomic E-state index is -3.51. The Hall–Kier alpha value is -1.00. The SMILES string of the molecule is CS(=O)(=O)N1CCN(CCNS(=O)(=O)c2ccc3c(c2)CCCC3)CC1. The topological polar surface area (TPSA) is 86.8 Å². The highest BCUT2D eigenvalue weighted by Gasteiger charge is 2.23. The molecule has 3 rings (SSSR count). The molecule has 1 aliphatic heterocycles. The Morgan fingerprint density at radius 2 is 1.62 bits per heavy atom. The van der Waals surface area contributed by atoms with Crippen LogP contribution in [0.3, 0.4) is 0 Å². The number of piperazine rings is 1. The predicted octanol–water partition coefficient (Wildman–Crippen LogP) is 0.421. The fraction of sp³-hybridized carbons (Fsp3) is 0.647. The summed E-state index contributed by atoms with van der Waals surface area (Å²) >= 11 is 0. The van der Waals surface area contributed by atoms with Gasteiger partial charge in [-0.3, -0.25) is 4.90 Å². The van der Waals surface area contributed by atoms with Gasteiger partial charge >= 0.3 is 0 Å². The van der Waals surface area contributed by atoms with E-state index in [1.54, 1.807) is 6.07 Å². The van der Waals surface area contributed by atoms with Gasteiger partial charge in [-0.1, -0.05) is 6.07 Å². The van der Waals surface area contributed by atoms with Crippen LogP contribution in [0, 0.1) is 0 Å². The third kappa shape index (κ3) is 4.83. The summed E-state index contributed by atoms with van der Waals surface area (Å²) in [4.78, 5) is 2.41. The molecule has 1 fully saturated rings. The van der Waals surface area contributed by atoms with Gasteiger partial charge < -0.3 is 0 Å². The molecule has 0 radical (unpaired) electrons. The van der Waals surface area contributed by atoms with Crippen molar-refractivity contribution in [1.29, 1.82) is 0 Å². The van der Waals surface area contributed by atoms with E-state index in [0.29, 0.717) is 44.2 Å². The van der Waals surface area contributed by atoms with E-state index in [2.05, 4.69) is 9.62 Å². The molecule has 0 unspecified atom stereocenters. The van der Waals surface area contributed by atoms with Gasteiger partial charge in [-0.2, -0.15) is 4.31 Å². The molecule has 2 aliphatic rings. The zero-order valence-corrected chi connectivity index (χ0v) is 16.8. The van der Waals surface area contributed by atoms with Gasteiger partial charge in [0.25, 0.3) is 0 Å². The quantitative estimate of drug-likeness (QED) is 0.747. The largest absolute Gasteiger partial charge is 0.299 e. The van der Waals surface area contributed by atoms with Crippen LogP contribution in [-0.4, -0.2) is 71.6 Å². The number of fused-ring (bicyclic) bond motifs is 1. The molecule has 9 heteroatoms. The number of sulfonamides is 2. The van der Waals surface area contributed by atoms with E-state index in [-0.39, 0.29) is 0 Å². The molecular formula is C17H27N3O4S2. The van der Waals surface area contributed by atoms with Gasteiger partial charge in [0.1, 0.15) is 0 Å². The molecule has 0 atom stereocenters. The zero-order valence-electron chi connectivity index (χ0n) is 15.1. The lowest BCUT2D eigenvalue weighted by atomic mass is 9.92. The van der Waals surface area contributed by atoms with Crippen molar-refractivity contribution >= 4 is 20.0 Å². The first-order valence-corrected chi connectivity index (χ1v) is 12.4. The van der Waals surface area contributed by atoms with E-state index in [1.165, 1.54) is 22.5 Å². The van der Waals surface area contributed by atoms with Crippen molar-refractivity contribution in [2.24, 2.45) is 0 Å². The summed E-state index contributed by atoms with van der Waals surface area (Å²) in [6.45, 7) is 3.04. The maximum Gasteiger partial charge on any atom is 0.240 e. The van der Waals surface area contributed by atoms with E-state index >= 15 is 0 Å². The van der Waals surface area contributed by atoms with E-state index in [4.69, 9.17) is 0 Å². The molecule has 0 spiro atoms. The van der Waals surface area contributed by atoms with Crippen molar-refractivity contribution in [3.63, 3.8) is 0 Å². The van der Waals surface area contributed by atoms with Crippen LogP contribution < -0.4 is 4.72 Å². The molecular weight excluding hydrogens is 374 g/mol. The summed E-state index contributed by atoms with van der Waals surface area (Å²) in [7, 11) is -6.65. The number of benzene rings is 1. The molecule has 0 bridgehead atoms. The predicted molar refractivity (Wildman–Crippen MR) is 101 cm³/mol. The molecule has 1 heterocycles. The minimum absolute atomic E-state index is 0.318. The summed E-state index contributed by atoms with van der Waals surface area (Å²) in [6.07, 6.45) is 5.48. The monoisotopic (exact) mass is 401 g/mol. The molecule has 0 amide bonds. The number of nitrogens with zero attached hydrogens (tertiary/aromatic N) is 2. The van der Waals surface area contributed by atoms with Crippen LogP contribution in [0.15, 0.2) is 23.1 Å². The van der Waals surface area contributed by atoms with Crippen LogP contribution >= 0.6 is 0 Å². The van der Waals surface area contributed by atoms with E-state index < -0.39 is 20.0 Å². The number of rotatable bonds is 6. The Kier molecular flexibility index (Phi) is 6.03. The van der Waals surface area contributed by atoms with Crippen molar-refractivity contribution in [2.45, 2.75) is 30.6 Å². The van der Waals surface area contributed by atoms with Gasteiger partial charge in [0.15, 0.2) is 0 Å². The van der Waals surface area contributed by atoms with Gasteiger partial charge in [-0.15, -0.1) is 0 Å². The van der Waals surface area contributed by atoms with Crippen LogP contribution in [0.25, 0.3) is 0 Å². The molecule has 26 heavy (non-hydrogen) atoms. The van der Waals surface area contributed by atoms with Gasteiger partial charge in [0.2, 0.25) is 20.0 Å². The lowest BCUT2D eigenvalue weighted by molar-refractivity contribution is 0.192. The fourth-order valence-electron chi connectivity index (χ4n) is 3.58. The first-order valence-electron chi connectivity index (χ1n) is 9.05. The maximum absolute atomic E-state index is 12.5. The van der Waals surface area contributed by atoms with Crippen molar-refractivity contribution in [1.82, 2.24) is 13.9 Å². The van der Waals surface area contributed by atoms with Crippen LogP contribution in [0.1, 0.15) is 24.0 Å². The molecule has 1 N–H and O–H groups in total. The number of aryl methyl sites for hydroxylation is 2. The van der Waals surface area contributed by atoms with Gasteiger partial charge in [-0.25, -0.2) is 21.6 Å². The van der Waals surface area contributed by atoms with Gasteiger partial charge in [0, 0.05) is 39.3 Å². The second-order valence-electron chi connectivity index (χ2n) is 7.04. The Bertz CT molecular complexity index is 845. The molecule has 1 saturated heterocycles. The number of hydrogen-bond acceptors (Lipinski definition) is 5. The molecule has 1 aliphatic carbocycles. The van der Waals surface area contributed by atoms with Crippen LogP contribution in [0.4, 0.5) is 0 Å². The summed E-state index contributed by atoms with van der Waals surface area (Å²) < 4.78 is 52.2. The summed E-state index contributed by atoms with van der Waals surface area (Å²) in [6, 6.07) is 5.44. The number of hydrogen-bond donors (Lipinski definition) is 1. The second-order valence-corrected chi connectivity index (χ2v) is 10.8. The molecule has 0 aromatic heterocycles. The van der Waals surface area contributed by atoms with Gasteiger partial charge in [-0.05, 0) is 48.9 Å². The van der Waals surface area contributed by atoms with E-state index in [0.717, 1.165) is 24.8 Å². The molecule has 7 nitrogen and oxygen atoms in total. The average Bonchev–Trinajstić information content (AvgIpc) is 2.61. The second kappa shape index (κ2) is 7.93. The highest BCUT2D eigenvalue weighted by molar-refractivity contribution is 7.89. The maximum atomic E-state index is 12.5. The Balaban J connectivity index is 1.52. The summed E-state index contributed by atoms with van der Waals surface area (Å²) in [5.74, 6) is 0. The average molecular weight is 402 g/mol. The van der Waals surface area contributed by atoms with Crippen molar-refractivity contribution in [3.05, 3.63) is 29.3 Å². The Morgan fingerprint density at radius 1 is 0.962 bits per heavy atom. The van der Waals surface area contributed by atoms with Crippen LogP contribution in [0.2, 0.25) is 0 Å². The third-order valence-corrected chi connectivity index (χ3v) is 7.91. The van der Waals surface area contributed by atoms with Gasteiger partial charge in [0.05, 0.1) is 11.2 Å². The summed E-state index contributed by atoms with van der Waals surface area (Å²) in [5, 5.41) is 0. The minimum Gasteiger partial charge on any atom is -0.299 e. The van der Waals surface area contributed by atoms with Crippen molar-refractivity contribution in [3.8, 4) is 0 Å². The van der Waals surface area contributed by atoms with E-state index in [9.17, 15) is 16.8 Å². The highest BCUT2D eigenvalue weighted by atomic mass is 32.2. The lowest BCUT2D eigenvalue weighted by Gasteiger charge is -2.33. The zero-order chi connectivity index (χ0) is 18.8. The smallest absolute Gasteiger partial charge is 0.240 e. The van der Waals surface area contributed by atoms with Crippen molar-refractivity contribution < 1.29 is 16.8 Å². The normalized spacial score (nSPS) is 20.0. The Morgan fingerprint density at radius 3 is 2.27 bits per heavy atom. The highest BCUT2D eigenvalue weighted by Crippen LogP contribution is 2.24. The van der Waals surface area contributed by atoms with E-state index in [1.807, 2.05) is 12.1 Å². The third-order valence-electron chi connectivity index (χ3n) is 5.15. The fourth-order valence-corrected chi connectivity index (χ4v) is 5.48. The number of nitrogens with one attached hydrogen (secondary N) is 1. The molecule has 1 aromatic carbocycles. The first-order chi connectivity index (χ1) is 12.3. The first kappa shape index (κ1) is 19.8. The molecule has 146 valence electrons. The van der Waals surface area contributed by atoms with Crippen LogP contribution in [0.5, 0.6) is 0 Å².